The van der Waals surface area contributed by atoms with Crippen molar-refractivity contribution in [3.63, 3.8) is 0 Å². The number of nitro groups is 1. The SMILES string of the molecule is COc1cccc(C=NNc2nc(Nc3cccc([N+](=O)[O-])c3)nc(N3CCOCC3)n2)c1O. The summed E-state index contributed by atoms with van der Waals surface area (Å²) in [6, 6.07) is 11.0. The number of hydrogen-bond donors (Lipinski definition) is 3. The summed E-state index contributed by atoms with van der Waals surface area (Å²) in [5.41, 5.74) is 3.56. The maximum atomic E-state index is 11.1. The van der Waals surface area contributed by atoms with E-state index in [1.54, 1.807) is 30.3 Å². The third kappa shape index (κ3) is 5.45. The second kappa shape index (κ2) is 10.4. The molecule has 2 aromatic carbocycles. The number of rotatable bonds is 8. The Bertz CT molecular complexity index is 1200. The number of hydrazone groups is 1. The molecule has 1 aliphatic heterocycles. The van der Waals surface area contributed by atoms with Crippen molar-refractivity contribution in [3.05, 3.63) is 58.1 Å². The summed E-state index contributed by atoms with van der Waals surface area (Å²) in [5.74, 6) is 0.991. The van der Waals surface area contributed by atoms with E-state index in [9.17, 15) is 15.2 Å². The maximum Gasteiger partial charge on any atom is 0.271 e. The van der Waals surface area contributed by atoms with E-state index in [4.69, 9.17) is 9.47 Å². The molecular weight excluding hydrogens is 444 g/mol. The van der Waals surface area contributed by atoms with Crippen molar-refractivity contribution in [2.75, 3.05) is 49.1 Å². The van der Waals surface area contributed by atoms with E-state index in [1.807, 2.05) is 4.90 Å². The highest BCUT2D eigenvalue weighted by atomic mass is 16.6. The number of nitrogens with one attached hydrogen (secondary N) is 2. The molecule has 0 atom stereocenters. The van der Waals surface area contributed by atoms with Gasteiger partial charge in [-0.15, -0.1) is 0 Å². The highest BCUT2D eigenvalue weighted by Crippen LogP contribution is 2.28. The molecule has 0 amide bonds. The number of hydrogen-bond acceptors (Lipinski definition) is 12. The fourth-order valence-corrected chi connectivity index (χ4v) is 3.17. The van der Waals surface area contributed by atoms with E-state index in [0.29, 0.717) is 49.3 Å². The predicted molar refractivity (Wildman–Crippen MR) is 125 cm³/mol. The fourth-order valence-electron chi connectivity index (χ4n) is 3.17. The molecule has 0 spiro atoms. The average molecular weight is 466 g/mol. The number of ether oxygens (including phenoxy) is 2. The molecule has 3 aromatic rings. The molecule has 13 heteroatoms. The Labute approximate surface area is 194 Å². The number of para-hydroxylation sites is 1. The third-order valence-corrected chi connectivity index (χ3v) is 4.85. The number of nitro benzene ring substituents is 1. The average Bonchev–Trinajstić information content (AvgIpc) is 2.85. The summed E-state index contributed by atoms with van der Waals surface area (Å²) in [5, 5.41) is 28.4. The van der Waals surface area contributed by atoms with Crippen LogP contribution in [0.5, 0.6) is 11.5 Å². The van der Waals surface area contributed by atoms with Crippen molar-refractivity contribution in [3.8, 4) is 11.5 Å². The van der Waals surface area contributed by atoms with Crippen LogP contribution in [0.1, 0.15) is 5.56 Å². The van der Waals surface area contributed by atoms with Gasteiger partial charge in [0.05, 0.1) is 31.5 Å². The second-order valence-electron chi connectivity index (χ2n) is 7.08. The summed E-state index contributed by atoms with van der Waals surface area (Å²) < 4.78 is 10.5. The van der Waals surface area contributed by atoms with E-state index < -0.39 is 4.92 Å². The lowest BCUT2D eigenvalue weighted by atomic mass is 10.2. The number of morpholine rings is 1. The molecule has 0 aliphatic carbocycles. The van der Waals surface area contributed by atoms with Gasteiger partial charge in [0.15, 0.2) is 11.5 Å². The van der Waals surface area contributed by atoms with Gasteiger partial charge < -0.3 is 24.8 Å². The second-order valence-corrected chi connectivity index (χ2v) is 7.08. The van der Waals surface area contributed by atoms with Gasteiger partial charge in [-0.2, -0.15) is 20.1 Å². The van der Waals surface area contributed by atoms with Crippen LogP contribution in [0.15, 0.2) is 47.6 Å². The molecule has 1 aliphatic rings. The van der Waals surface area contributed by atoms with Crippen LogP contribution in [-0.4, -0.2) is 64.6 Å². The van der Waals surface area contributed by atoms with Gasteiger partial charge in [-0.1, -0.05) is 12.1 Å². The smallest absolute Gasteiger partial charge is 0.271 e. The number of phenolic OH excluding ortho intramolecular Hbond substituents is 1. The van der Waals surface area contributed by atoms with Crippen LogP contribution in [0.2, 0.25) is 0 Å². The minimum Gasteiger partial charge on any atom is -0.504 e. The highest BCUT2D eigenvalue weighted by Gasteiger charge is 2.17. The van der Waals surface area contributed by atoms with Gasteiger partial charge in [0.2, 0.25) is 17.8 Å². The first-order chi connectivity index (χ1) is 16.5. The van der Waals surface area contributed by atoms with Crippen molar-refractivity contribution in [1.82, 2.24) is 15.0 Å². The van der Waals surface area contributed by atoms with Crippen molar-refractivity contribution in [2.24, 2.45) is 5.10 Å². The lowest BCUT2D eigenvalue weighted by molar-refractivity contribution is -0.384. The number of phenols is 1. The summed E-state index contributed by atoms with van der Waals surface area (Å²) >= 11 is 0. The predicted octanol–water partition coefficient (Wildman–Crippen LogP) is 2.52. The molecule has 1 fully saturated rings. The first kappa shape index (κ1) is 22.7. The number of nitrogens with zero attached hydrogens (tertiary/aromatic N) is 6. The van der Waals surface area contributed by atoms with Crippen LogP contribution in [0.25, 0.3) is 0 Å². The molecule has 0 unspecified atom stereocenters. The molecule has 13 nitrogen and oxygen atoms in total. The molecule has 2 heterocycles. The normalized spacial score (nSPS) is 13.6. The van der Waals surface area contributed by atoms with Gasteiger partial charge >= 0.3 is 0 Å². The lowest BCUT2D eigenvalue weighted by Gasteiger charge is -2.27. The molecule has 176 valence electrons. The minimum atomic E-state index is -0.479. The Kier molecular flexibility index (Phi) is 6.93. The Morgan fingerprint density at radius 1 is 1.18 bits per heavy atom. The summed E-state index contributed by atoms with van der Waals surface area (Å²) in [4.78, 5) is 25.7. The van der Waals surface area contributed by atoms with Gasteiger partial charge in [0.25, 0.3) is 5.69 Å². The van der Waals surface area contributed by atoms with E-state index >= 15 is 0 Å². The van der Waals surface area contributed by atoms with Gasteiger partial charge in [-0.05, 0) is 18.2 Å². The van der Waals surface area contributed by atoms with Gasteiger partial charge in [-0.25, -0.2) is 5.43 Å². The van der Waals surface area contributed by atoms with Crippen LogP contribution in [0, 0.1) is 10.1 Å². The summed E-state index contributed by atoms with van der Waals surface area (Å²) in [7, 11) is 1.46. The van der Waals surface area contributed by atoms with Crippen molar-refractivity contribution >= 4 is 35.4 Å². The topological polar surface area (TPSA) is 160 Å². The van der Waals surface area contributed by atoms with Gasteiger partial charge in [-0.3, -0.25) is 10.1 Å². The Balaban J connectivity index is 1.59. The molecule has 1 aromatic heterocycles. The van der Waals surface area contributed by atoms with Crippen LogP contribution in [-0.2, 0) is 4.74 Å². The van der Waals surface area contributed by atoms with E-state index in [-0.39, 0.29) is 23.3 Å². The van der Waals surface area contributed by atoms with Crippen LogP contribution in [0.4, 0.5) is 29.2 Å². The molecule has 34 heavy (non-hydrogen) atoms. The van der Waals surface area contributed by atoms with Crippen LogP contribution in [0.3, 0.4) is 0 Å². The highest BCUT2D eigenvalue weighted by molar-refractivity contribution is 5.85. The number of anilines is 4. The summed E-state index contributed by atoms with van der Waals surface area (Å²) in [6.45, 7) is 2.27. The van der Waals surface area contributed by atoms with E-state index in [2.05, 4.69) is 30.8 Å². The van der Waals surface area contributed by atoms with Crippen molar-refractivity contribution < 1.29 is 19.5 Å². The molecular formula is C21H22N8O5. The molecule has 0 bridgehead atoms. The zero-order valence-electron chi connectivity index (χ0n) is 18.2. The Morgan fingerprint density at radius 2 is 1.94 bits per heavy atom. The zero-order chi connectivity index (χ0) is 23.9. The number of aromatic hydroxyl groups is 1. The summed E-state index contributed by atoms with van der Waals surface area (Å²) in [6.07, 6.45) is 1.41. The molecule has 4 rings (SSSR count). The monoisotopic (exact) mass is 466 g/mol. The molecule has 0 saturated carbocycles. The van der Waals surface area contributed by atoms with Gasteiger partial charge in [0.1, 0.15) is 0 Å². The number of non-ortho nitro benzene ring substituents is 1. The van der Waals surface area contributed by atoms with Gasteiger partial charge in [0, 0.05) is 36.5 Å². The first-order valence-corrected chi connectivity index (χ1v) is 10.3. The van der Waals surface area contributed by atoms with Crippen LogP contribution >= 0.6 is 0 Å². The standard InChI is InChI=1S/C21H22N8O5/c1-33-17-7-2-4-14(18(17)30)13-22-27-20-24-19(23-15-5-3-6-16(12-15)29(31)32)25-21(26-20)28-8-10-34-11-9-28/h2-7,12-13,30H,8-11H2,1H3,(H2,23,24,25,26,27). The Morgan fingerprint density at radius 3 is 2.71 bits per heavy atom. The molecule has 0 radical (unpaired) electrons. The van der Waals surface area contributed by atoms with E-state index in [0.717, 1.165) is 0 Å². The number of benzene rings is 2. The third-order valence-electron chi connectivity index (χ3n) is 4.85. The fraction of sp³-hybridized carbons (Fsp3) is 0.238. The van der Waals surface area contributed by atoms with E-state index in [1.165, 1.54) is 25.5 Å². The van der Waals surface area contributed by atoms with Crippen molar-refractivity contribution in [2.45, 2.75) is 0 Å². The molecule has 1 saturated heterocycles. The number of aromatic nitrogens is 3. The Hall–Kier alpha value is -4.52. The quantitative estimate of drug-likeness (QED) is 0.254. The number of methoxy groups -OCH3 is 1. The van der Waals surface area contributed by atoms with Crippen LogP contribution < -0.4 is 20.4 Å². The lowest BCUT2D eigenvalue weighted by Crippen LogP contribution is -2.37. The maximum absolute atomic E-state index is 11.1. The first-order valence-electron chi connectivity index (χ1n) is 10.3. The zero-order valence-corrected chi connectivity index (χ0v) is 18.2. The minimum absolute atomic E-state index is 0.0479. The largest absolute Gasteiger partial charge is 0.504 e. The van der Waals surface area contributed by atoms with Crippen molar-refractivity contribution in [1.29, 1.82) is 0 Å². The molecule has 3 N–H and O–H groups in total.